The standard InChI is InChI=1S/C16H22O3/c1-10(2)7-8-18-15-9-11(3)16(19-14(6)17)13(5)12(15)4/h7,9H,8H2,1-6H3. The van der Waals surface area contributed by atoms with Crippen LogP contribution >= 0.6 is 0 Å². The van der Waals surface area contributed by atoms with E-state index in [1.165, 1.54) is 12.5 Å². The van der Waals surface area contributed by atoms with Gasteiger partial charge in [0.15, 0.2) is 0 Å². The minimum atomic E-state index is -0.302. The molecule has 19 heavy (non-hydrogen) atoms. The molecule has 3 heteroatoms. The van der Waals surface area contributed by atoms with Gasteiger partial charge < -0.3 is 9.47 Å². The molecule has 3 nitrogen and oxygen atoms in total. The molecule has 0 atom stereocenters. The number of rotatable bonds is 4. The van der Waals surface area contributed by atoms with Crippen molar-refractivity contribution in [3.05, 3.63) is 34.4 Å². The van der Waals surface area contributed by atoms with Crippen LogP contribution in [0.15, 0.2) is 17.7 Å². The van der Waals surface area contributed by atoms with Crippen molar-refractivity contribution in [1.82, 2.24) is 0 Å². The number of benzene rings is 1. The van der Waals surface area contributed by atoms with Gasteiger partial charge in [-0.3, -0.25) is 4.79 Å². The van der Waals surface area contributed by atoms with Crippen LogP contribution in [0, 0.1) is 20.8 Å². The third-order valence-electron chi connectivity index (χ3n) is 2.95. The quantitative estimate of drug-likeness (QED) is 0.469. The molecule has 0 fully saturated rings. The van der Waals surface area contributed by atoms with Gasteiger partial charge in [-0.05, 0) is 63.5 Å². The highest BCUT2D eigenvalue weighted by atomic mass is 16.5. The fourth-order valence-electron chi connectivity index (χ4n) is 1.77. The van der Waals surface area contributed by atoms with Crippen molar-refractivity contribution >= 4 is 5.97 Å². The summed E-state index contributed by atoms with van der Waals surface area (Å²) in [6, 6.07) is 1.92. The van der Waals surface area contributed by atoms with E-state index in [0.29, 0.717) is 12.4 Å². The van der Waals surface area contributed by atoms with Crippen LogP contribution in [0.4, 0.5) is 0 Å². The maximum Gasteiger partial charge on any atom is 0.308 e. The molecule has 0 aliphatic rings. The minimum absolute atomic E-state index is 0.302. The summed E-state index contributed by atoms with van der Waals surface area (Å²) < 4.78 is 11.0. The first-order chi connectivity index (χ1) is 8.82. The molecule has 1 aromatic rings. The van der Waals surface area contributed by atoms with Crippen LogP contribution in [0.1, 0.15) is 37.5 Å². The van der Waals surface area contributed by atoms with Crippen molar-refractivity contribution in [2.45, 2.75) is 41.5 Å². The van der Waals surface area contributed by atoms with Crippen molar-refractivity contribution in [1.29, 1.82) is 0 Å². The Bertz CT molecular complexity index is 509. The molecule has 0 saturated carbocycles. The summed E-state index contributed by atoms with van der Waals surface area (Å²) >= 11 is 0. The highest BCUT2D eigenvalue weighted by Gasteiger charge is 2.13. The number of hydrogen-bond acceptors (Lipinski definition) is 3. The Balaban J connectivity index is 3.04. The van der Waals surface area contributed by atoms with Crippen molar-refractivity contribution in [2.24, 2.45) is 0 Å². The number of aryl methyl sites for hydroxylation is 1. The number of allylic oxidation sites excluding steroid dienone is 1. The second-order valence-electron chi connectivity index (χ2n) is 4.96. The van der Waals surface area contributed by atoms with Crippen LogP contribution < -0.4 is 9.47 Å². The Labute approximate surface area is 115 Å². The summed E-state index contributed by atoms with van der Waals surface area (Å²) in [7, 11) is 0. The molecule has 1 aromatic carbocycles. The molecular formula is C16H22O3. The third-order valence-corrected chi connectivity index (χ3v) is 2.95. The average Bonchev–Trinajstić information content (AvgIpc) is 2.30. The van der Waals surface area contributed by atoms with Gasteiger partial charge in [0.25, 0.3) is 0 Å². The van der Waals surface area contributed by atoms with Crippen molar-refractivity contribution in [3.8, 4) is 11.5 Å². The number of carbonyl (C=O) groups is 1. The molecular weight excluding hydrogens is 240 g/mol. The van der Waals surface area contributed by atoms with Crippen LogP contribution in [0.25, 0.3) is 0 Å². The summed E-state index contributed by atoms with van der Waals surface area (Å²) in [6.07, 6.45) is 2.03. The highest BCUT2D eigenvalue weighted by Crippen LogP contribution is 2.33. The van der Waals surface area contributed by atoms with Gasteiger partial charge in [-0.25, -0.2) is 0 Å². The van der Waals surface area contributed by atoms with Gasteiger partial charge in [-0.15, -0.1) is 0 Å². The Hall–Kier alpha value is -1.77. The topological polar surface area (TPSA) is 35.5 Å². The van der Waals surface area contributed by atoms with Gasteiger partial charge >= 0.3 is 5.97 Å². The molecule has 0 saturated heterocycles. The Kier molecular flexibility index (Phi) is 5.16. The van der Waals surface area contributed by atoms with Crippen LogP contribution in [0.5, 0.6) is 11.5 Å². The van der Waals surface area contributed by atoms with Gasteiger partial charge in [-0.1, -0.05) is 5.57 Å². The minimum Gasteiger partial charge on any atom is -0.489 e. The Morgan fingerprint density at radius 3 is 2.32 bits per heavy atom. The fourth-order valence-corrected chi connectivity index (χ4v) is 1.77. The van der Waals surface area contributed by atoms with E-state index in [0.717, 1.165) is 22.4 Å². The largest absolute Gasteiger partial charge is 0.489 e. The van der Waals surface area contributed by atoms with Crippen molar-refractivity contribution < 1.29 is 14.3 Å². The molecule has 0 heterocycles. The van der Waals surface area contributed by atoms with Gasteiger partial charge in [0.05, 0.1) is 0 Å². The molecule has 0 bridgehead atoms. The maximum absolute atomic E-state index is 11.1. The molecule has 0 amide bonds. The predicted molar refractivity (Wildman–Crippen MR) is 76.9 cm³/mol. The normalized spacial score (nSPS) is 10.0. The van der Waals surface area contributed by atoms with Crippen molar-refractivity contribution in [2.75, 3.05) is 6.61 Å². The highest BCUT2D eigenvalue weighted by molar-refractivity contribution is 5.71. The molecule has 0 N–H and O–H groups in total. The fraction of sp³-hybridized carbons (Fsp3) is 0.438. The molecule has 0 radical (unpaired) electrons. The van der Waals surface area contributed by atoms with E-state index in [9.17, 15) is 4.79 Å². The monoisotopic (exact) mass is 262 g/mol. The van der Waals surface area contributed by atoms with Gasteiger partial charge in [-0.2, -0.15) is 0 Å². The number of ether oxygens (including phenoxy) is 2. The first kappa shape index (κ1) is 15.3. The lowest BCUT2D eigenvalue weighted by atomic mass is 10.0. The van der Waals surface area contributed by atoms with Crippen LogP contribution in [-0.4, -0.2) is 12.6 Å². The smallest absolute Gasteiger partial charge is 0.308 e. The molecule has 104 valence electrons. The van der Waals surface area contributed by atoms with E-state index < -0.39 is 0 Å². The van der Waals surface area contributed by atoms with E-state index >= 15 is 0 Å². The summed E-state index contributed by atoms with van der Waals surface area (Å²) in [6.45, 7) is 11.9. The van der Waals surface area contributed by atoms with Gasteiger partial charge in [0.1, 0.15) is 18.1 Å². The SMILES string of the molecule is CC(=O)Oc1c(C)cc(OCC=C(C)C)c(C)c1C. The average molecular weight is 262 g/mol. The van der Waals surface area contributed by atoms with Crippen LogP contribution in [-0.2, 0) is 4.79 Å². The molecule has 0 aliphatic heterocycles. The summed E-state index contributed by atoms with van der Waals surface area (Å²) in [5.74, 6) is 1.17. The lowest BCUT2D eigenvalue weighted by Gasteiger charge is -2.16. The molecule has 1 rings (SSSR count). The molecule has 0 aromatic heterocycles. The first-order valence-electron chi connectivity index (χ1n) is 6.38. The van der Waals surface area contributed by atoms with E-state index in [1.54, 1.807) is 0 Å². The summed E-state index contributed by atoms with van der Waals surface area (Å²) in [4.78, 5) is 11.1. The maximum atomic E-state index is 11.1. The number of hydrogen-bond donors (Lipinski definition) is 0. The zero-order valence-corrected chi connectivity index (χ0v) is 12.6. The Morgan fingerprint density at radius 1 is 1.16 bits per heavy atom. The second kappa shape index (κ2) is 6.41. The van der Waals surface area contributed by atoms with Gasteiger partial charge in [0.2, 0.25) is 0 Å². The van der Waals surface area contributed by atoms with E-state index in [2.05, 4.69) is 0 Å². The molecule has 0 spiro atoms. The van der Waals surface area contributed by atoms with Crippen LogP contribution in [0.3, 0.4) is 0 Å². The zero-order chi connectivity index (χ0) is 14.6. The third kappa shape index (κ3) is 4.12. The number of carbonyl (C=O) groups excluding carboxylic acids is 1. The van der Waals surface area contributed by atoms with Crippen molar-refractivity contribution in [3.63, 3.8) is 0 Å². The zero-order valence-electron chi connectivity index (χ0n) is 12.6. The summed E-state index contributed by atoms with van der Waals surface area (Å²) in [5, 5.41) is 0. The lowest BCUT2D eigenvalue weighted by Crippen LogP contribution is -2.06. The molecule has 0 aliphatic carbocycles. The predicted octanol–water partition coefficient (Wildman–Crippen LogP) is 3.88. The summed E-state index contributed by atoms with van der Waals surface area (Å²) in [5.41, 5.74) is 4.08. The Morgan fingerprint density at radius 2 is 1.79 bits per heavy atom. The van der Waals surface area contributed by atoms with E-state index in [1.807, 2.05) is 46.8 Å². The number of esters is 1. The second-order valence-corrected chi connectivity index (χ2v) is 4.96. The lowest BCUT2D eigenvalue weighted by molar-refractivity contribution is -0.131. The van der Waals surface area contributed by atoms with E-state index in [4.69, 9.17) is 9.47 Å². The van der Waals surface area contributed by atoms with Crippen LogP contribution in [0.2, 0.25) is 0 Å². The first-order valence-corrected chi connectivity index (χ1v) is 6.38. The van der Waals surface area contributed by atoms with E-state index in [-0.39, 0.29) is 5.97 Å². The molecule has 0 unspecified atom stereocenters. The van der Waals surface area contributed by atoms with Gasteiger partial charge in [0, 0.05) is 6.92 Å².